The van der Waals surface area contributed by atoms with Crippen molar-refractivity contribution in [2.24, 2.45) is 0 Å². The predicted octanol–water partition coefficient (Wildman–Crippen LogP) is 0.747. The van der Waals surface area contributed by atoms with Crippen LogP contribution >= 0.6 is 12.0 Å². The van der Waals surface area contributed by atoms with E-state index in [-0.39, 0.29) is 12.5 Å². The number of aliphatic carboxylic acids is 1. The topological polar surface area (TPSA) is 66.8 Å². The van der Waals surface area contributed by atoms with Gasteiger partial charge in [-0.2, -0.15) is 0 Å². The normalized spacial score (nSPS) is 18.7. The SMILES string of the molecule is CC(=O)OSC1CCN(CC(=O)O)CC1. The molecule has 0 spiro atoms. The molecule has 0 amide bonds. The van der Waals surface area contributed by atoms with Crippen molar-refractivity contribution in [1.82, 2.24) is 4.90 Å². The minimum absolute atomic E-state index is 0.102. The van der Waals surface area contributed by atoms with Crippen molar-refractivity contribution in [3.8, 4) is 0 Å². The van der Waals surface area contributed by atoms with E-state index in [1.165, 1.54) is 19.0 Å². The third kappa shape index (κ3) is 5.03. The number of carboxylic acids is 1. The van der Waals surface area contributed by atoms with Crippen LogP contribution < -0.4 is 0 Å². The Morgan fingerprint density at radius 2 is 2.07 bits per heavy atom. The third-order valence-electron chi connectivity index (χ3n) is 2.20. The molecule has 0 radical (unpaired) electrons. The highest BCUT2D eigenvalue weighted by Gasteiger charge is 2.22. The van der Waals surface area contributed by atoms with Gasteiger partial charge < -0.3 is 9.29 Å². The maximum atomic E-state index is 10.6. The number of hydrogen-bond donors (Lipinski definition) is 1. The number of nitrogens with zero attached hydrogens (tertiary/aromatic N) is 1. The standard InChI is InChI=1S/C9H15NO4S/c1-7(11)14-15-8-2-4-10(5-3-8)6-9(12)13/h8H,2-6H2,1H3,(H,12,13). The van der Waals surface area contributed by atoms with E-state index < -0.39 is 5.97 Å². The van der Waals surface area contributed by atoms with Crippen molar-refractivity contribution in [3.05, 3.63) is 0 Å². The first-order valence-electron chi connectivity index (χ1n) is 4.86. The van der Waals surface area contributed by atoms with E-state index >= 15 is 0 Å². The predicted molar refractivity (Wildman–Crippen MR) is 56.5 cm³/mol. The Kier molecular flexibility index (Phi) is 4.90. The molecule has 1 aliphatic rings. The fourth-order valence-corrected chi connectivity index (χ4v) is 2.17. The van der Waals surface area contributed by atoms with Crippen LogP contribution in [0.5, 0.6) is 0 Å². The lowest BCUT2D eigenvalue weighted by molar-refractivity contribution is -0.138. The molecule has 1 aliphatic heterocycles. The minimum Gasteiger partial charge on any atom is -0.480 e. The average Bonchev–Trinajstić information content (AvgIpc) is 2.16. The summed E-state index contributed by atoms with van der Waals surface area (Å²) < 4.78 is 4.84. The number of hydrogen-bond acceptors (Lipinski definition) is 5. The third-order valence-corrected chi connectivity index (χ3v) is 3.27. The number of likely N-dealkylation sites (tertiary alicyclic amines) is 1. The Balaban J connectivity index is 2.18. The molecule has 0 aromatic rings. The van der Waals surface area contributed by atoms with Crippen molar-refractivity contribution in [1.29, 1.82) is 0 Å². The first kappa shape index (κ1) is 12.3. The van der Waals surface area contributed by atoms with Crippen molar-refractivity contribution in [3.63, 3.8) is 0 Å². The highest BCUT2D eigenvalue weighted by atomic mass is 32.2. The van der Waals surface area contributed by atoms with E-state index in [1.54, 1.807) is 0 Å². The van der Waals surface area contributed by atoms with Crippen molar-refractivity contribution >= 4 is 24.0 Å². The molecule has 0 bridgehead atoms. The van der Waals surface area contributed by atoms with E-state index in [4.69, 9.17) is 9.29 Å². The second kappa shape index (κ2) is 5.97. The van der Waals surface area contributed by atoms with Gasteiger partial charge in [-0.3, -0.25) is 14.5 Å². The maximum absolute atomic E-state index is 10.6. The highest BCUT2D eigenvalue weighted by Crippen LogP contribution is 2.23. The summed E-state index contributed by atoms with van der Waals surface area (Å²) in [7, 11) is 0. The fraction of sp³-hybridized carbons (Fsp3) is 0.778. The van der Waals surface area contributed by atoms with Crippen LogP contribution in [0.3, 0.4) is 0 Å². The van der Waals surface area contributed by atoms with Crippen molar-refractivity contribution < 1.29 is 18.9 Å². The van der Waals surface area contributed by atoms with Crippen LogP contribution in [0.2, 0.25) is 0 Å². The molecule has 86 valence electrons. The van der Waals surface area contributed by atoms with Crippen LogP contribution in [-0.2, 0) is 13.8 Å². The molecule has 5 nitrogen and oxygen atoms in total. The van der Waals surface area contributed by atoms with Crippen molar-refractivity contribution in [2.75, 3.05) is 19.6 Å². The quantitative estimate of drug-likeness (QED) is 0.723. The number of carbonyl (C=O) groups is 2. The molecule has 15 heavy (non-hydrogen) atoms. The minimum atomic E-state index is -0.791. The first-order valence-corrected chi connectivity index (χ1v) is 5.66. The largest absolute Gasteiger partial charge is 0.480 e. The summed E-state index contributed by atoms with van der Waals surface area (Å²) in [5.74, 6) is -1.07. The molecule has 1 rings (SSSR count). The molecule has 1 heterocycles. The molecule has 0 atom stereocenters. The van der Waals surface area contributed by atoms with Gasteiger partial charge in [-0.05, 0) is 25.9 Å². The Bertz CT molecular complexity index is 238. The number of carbonyl (C=O) groups excluding carboxylic acids is 1. The molecule has 0 unspecified atom stereocenters. The molecule has 0 aromatic carbocycles. The summed E-state index contributed by atoms with van der Waals surface area (Å²) in [4.78, 5) is 22.9. The zero-order valence-electron chi connectivity index (χ0n) is 8.64. The second-order valence-corrected chi connectivity index (χ2v) is 4.57. The monoisotopic (exact) mass is 233 g/mol. The highest BCUT2D eigenvalue weighted by molar-refractivity contribution is 7.95. The van der Waals surface area contributed by atoms with E-state index in [0.29, 0.717) is 5.25 Å². The van der Waals surface area contributed by atoms with E-state index in [0.717, 1.165) is 25.9 Å². The van der Waals surface area contributed by atoms with Gasteiger partial charge in [0.05, 0.1) is 18.6 Å². The Hall–Kier alpha value is -0.750. The molecule has 0 saturated carbocycles. The van der Waals surface area contributed by atoms with Crippen molar-refractivity contribution in [2.45, 2.75) is 25.0 Å². The molecule has 1 N–H and O–H groups in total. The summed E-state index contributed by atoms with van der Waals surface area (Å²) >= 11 is 1.20. The Labute approximate surface area is 93.0 Å². The van der Waals surface area contributed by atoms with E-state index in [9.17, 15) is 9.59 Å². The molecule has 1 saturated heterocycles. The van der Waals surface area contributed by atoms with Gasteiger partial charge in [0.2, 0.25) is 0 Å². The van der Waals surface area contributed by atoms with Crippen LogP contribution in [0.25, 0.3) is 0 Å². The lowest BCUT2D eigenvalue weighted by Crippen LogP contribution is -2.38. The summed E-state index contributed by atoms with van der Waals surface area (Å²) in [5.41, 5.74) is 0. The zero-order valence-corrected chi connectivity index (χ0v) is 9.46. The number of carboxylic acid groups (broad SMARTS) is 1. The zero-order chi connectivity index (χ0) is 11.3. The lowest BCUT2D eigenvalue weighted by atomic mass is 10.1. The van der Waals surface area contributed by atoms with E-state index in [2.05, 4.69) is 0 Å². The maximum Gasteiger partial charge on any atom is 0.317 e. The summed E-state index contributed by atoms with van der Waals surface area (Å²) in [6.07, 6.45) is 1.73. The summed E-state index contributed by atoms with van der Waals surface area (Å²) in [5, 5.41) is 8.90. The number of piperidine rings is 1. The molecular weight excluding hydrogens is 218 g/mol. The number of rotatable bonds is 4. The summed E-state index contributed by atoms with van der Waals surface area (Å²) in [6.45, 7) is 2.99. The van der Waals surface area contributed by atoms with Crippen LogP contribution in [0.1, 0.15) is 19.8 Å². The van der Waals surface area contributed by atoms with Gasteiger partial charge in [0.15, 0.2) is 0 Å². The lowest BCUT2D eigenvalue weighted by Gasteiger charge is -2.29. The molecule has 0 aliphatic carbocycles. The van der Waals surface area contributed by atoms with Gasteiger partial charge in [0.1, 0.15) is 0 Å². The van der Waals surface area contributed by atoms with E-state index in [1.807, 2.05) is 4.90 Å². The summed E-state index contributed by atoms with van der Waals surface area (Å²) in [6, 6.07) is 0. The second-order valence-electron chi connectivity index (χ2n) is 3.54. The van der Waals surface area contributed by atoms with Crippen LogP contribution in [-0.4, -0.2) is 46.8 Å². The Morgan fingerprint density at radius 3 is 2.53 bits per heavy atom. The first-order chi connectivity index (χ1) is 7.08. The molecule has 0 aromatic heterocycles. The van der Waals surface area contributed by atoms with Gasteiger partial charge in [-0.15, -0.1) is 0 Å². The van der Waals surface area contributed by atoms with Gasteiger partial charge in [-0.25, -0.2) is 0 Å². The van der Waals surface area contributed by atoms with Gasteiger partial charge >= 0.3 is 11.9 Å². The fourth-order valence-electron chi connectivity index (χ4n) is 1.49. The van der Waals surface area contributed by atoms with Crippen LogP contribution in [0, 0.1) is 0 Å². The molecular formula is C9H15NO4S. The van der Waals surface area contributed by atoms with Gasteiger partial charge in [-0.1, -0.05) is 0 Å². The smallest absolute Gasteiger partial charge is 0.317 e. The van der Waals surface area contributed by atoms with Crippen LogP contribution in [0.15, 0.2) is 0 Å². The average molecular weight is 233 g/mol. The molecule has 1 fully saturated rings. The van der Waals surface area contributed by atoms with Crippen LogP contribution in [0.4, 0.5) is 0 Å². The Morgan fingerprint density at radius 1 is 1.47 bits per heavy atom. The molecule has 6 heteroatoms. The van der Waals surface area contributed by atoms with Gasteiger partial charge in [0, 0.05) is 12.2 Å². The van der Waals surface area contributed by atoms with Gasteiger partial charge in [0.25, 0.3) is 0 Å².